The van der Waals surface area contributed by atoms with Gasteiger partial charge in [-0.1, -0.05) is 95.5 Å². The monoisotopic (exact) mass is 1500 g/mol. The van der Waals surface area contributed by atoms with Crippen LogP contribution in [0.5, 0.6) is 11.5 Å². The molecule has 4 unspecified atom stereocenters. The van der Waals surface area contributed by atoms with Gasteiger partial charge in [0.2, 0.25) is 0 Å². The molecule has 0 aliphatic heterocycles. The summed E-state index contributed by atoms with van der Waals surface area (Å²) in [6.45, 7) is 5.70. The van der Waals surface area contributed by atoms with Crippen LogP contribution in [0.2, 0.25) is 15.1 Å². The predicted molar refractivity (Wildman–Crippen MR) is 399 cm³/mol. The molecule has 105 heavy (non-hydrogen) atoms. The third kappa shape index (κ3) is 21.7. The molecule has 23 heteroatoms. The number of fused-ring (bicyclic) bond motifs is 2. The van der Waals surface area contributed by atoms with Crippen LogP contribution in [-0.4, -0.2) is 71.7 Å². The Morgan fingerprint density at radius 3 is 1.20 bits per heavy atom. The topological polar surface area (TPSA) is 215 Å². The van der Waals surface area contributed by atoms with E-state index in [0.717, 1.165) is 74.7 Å². The number of hydrogen-bond acceptors (Lipinski definition) is 12. The number of phenolic OH excluding ortho intramolecular Hbond substituents is 2. The molecule has 0 fully saturated rings. The van der Waals surface area contributed by atoms with Gasteiger partial charge >= 0.3 is 5.97 Å². The van der Waals surface area contributed by atoms with E-state index >= 15 is 0 Å². The van der Waals surface area contributed by atoms with Gasteiger partial charge < -0.3 is 21.1 Å². The lowest BCUT2D eigenvalue weighted by Crippen LogP contribution is -2.28. The van der Waals surface area contributed by atoms with Crippen LogP contribution in [0.3, 0.4) is 0 Å². The molecule has 11 aromatic rings. The zero-order chi connectivity index (χ0) is 75.1. The number of rotatable bonds is 20. The van der Waals surface area contributed by atoms with E-state index in [0.29, 0.717) is 78.1 Å². The maximum Gasteiger partial charge on any atom is 0.307 e. The van der Waals surface area contributed by atoms with Crippen LogP contribution in [0.15, 0.2) is 213 Å². The Hall–Kier alpha value is -10.2. The van der Waals surface area contributed by atoms with E-state index < -0.39 is 68.4 Å². The number of carboxylic acids is 1. The summed E-state index contributed by atoms with van der Waals surface area (Å²) in [5.41, 5.74) is 19.2. The third-order valence-corrected chi connectivity index (χ3v) is 19.9. The van der Waals surface area contributed by atoms with Gasteiger partial charge in [0.15, 0.2) is 0 Å². The first-order valence-corrected chi connectivity index (χ1v) is 35.6. The number of nitrogens with two attached hydrogens (primary N) is 1. The van der Waals surface area contributed by atoms with Crippen LogP contribution in [0.25, 0.3) is 44.9 Å². The quantitative estimate of drug-likeness (QED) is 0.0523. The van der Waals surface area contributed by atoms with Crippen LogP contribution >= 0.6 is 34.8 Å². The molecule has 8 aromatic carbocycles. The van der Waals surface area contributed by atoms with Gasteiger partial charge in [0.25, 0.3) is 0 Å². The Morgan fingerprint density at radius 2 is 0.810 bits per heavy atom. The normalized spacial score (nSPS) is 13.2. The molecule has 5 N–H and O–H groups in total. The highest BCUT2D eigenvalue weighted by Gasteiger charge is 2.30. The number of carboxylic acid groups (broad SMARTS) is 1. The smallest absolute Gasteiger partial charge is 0.307 e. The van der Waals surface area contributed by atoms with Crippen molar-refractivity contribution in [3.8, 4) is 45.3 Å². The van der Waals surface area contributed by atoms with Crippen molar-refractivity contribution in [1.82, 2.24) is 29.9 Å². The number of ketones is 1. The number of nitrogens with zero attached hydrogens (tertiary/aromatic N) is 6. The van der Waals surface area contributed by atoms with Crippen molar-refractivity contribution in [3.05, 3.63) is 319 Å². The first-order chi connectivity index (χ1) is 50.2. The average molecular weight is 1500 g/mol. The van der Waals surface area contributed by atoms with Gasteiger partial charge in [0.1, 0.15) is 52.2 Å². The van der Waals surface area contributed by atoms with Gasteiger partial charge in [-0.25, -0.2) is 26.3 Å². The van der Waals surface area contributed by atoms with Crippen LogP contribution < -0.4 is 5.73 Å². The predicted octanol–water partition coefficient (Wildman–Crippen LogP) is 19.2. The molecule has 13 nitrogen and oxygen atoms in total. The van der Waals surface area contributed by atoms with Crippen molar-refractivity contribution >= 4 is 68.5 Å². The van der Waals surface area contributed by atoms with Gasteiger partial charge in [-0.2, -0.15) is 0 Å². The number of hydrogen-bond donors (Lipinski definition) is 4. The Labute approximate surface area is 620 Å². The summed E-state index contributed by atoms with van der Waals surface area (Å²) in [6, 6.07) is 41.4. The van der Waals surface area contributed by atoms with Gasteiger partial charge in [-0.15, -0.1) is 0 Å². The number of aliphatic carboxylic acids is 1. The standard InChI is InChI=1S/C30H23ClF2N2O2.C23H23ClF2N2OS.C18H14ClF2N3.C11H10O3/c31-23-6-3-20(4-7-23)29-30(35-10-9-34-29)22(11-18-12-24(32)16-25(33)13-18)15-27(37)14-21-2-1-19-5-8-26(36)17-28(19)21;1-23(2,3)30(29)14-17(10-15-11-19(25)13-20(26)12-15)22-21(27-8-9-28-22)16-4-6-18(24)7-5-16;19-13-3-1-12(2-4-13)17-18(24-6-5-23-17)16(22)9-11-7-14(20)10-15(21)8-11;12-9-4-3-7-1-2-8(5-11(13)14)10(7)6-9/h2-10,12-13,16-17,22,36H,1,11,14-15H2;4-9,11-13,17H,10,14H2,1-3H3;1-8,10,16H,9,22H2;2-4,6,12H,1,5H2,(H,13,14). The van der Waals surface area contributed by atoms with E-state index in [9.17, 15) is 50.4 Å². The van der Waals surface area contributed by atoms with Crippen molar-refractivity contribution < 1.29 is 55.5 Å². The lowest BCUT2D eigenvalue weighted by atomic mass is 9.87. The summed E-state index contributed by atoms with van der Waals surface area (Å²) in [7, 11) is -1.20. The highest BCUT2D eigenvalue weighted by Crippen LogP contribution is 2.38. The molecule has 0 saturated carbocycles. The second kappa shape index (κ2) is 35.5. The van der Waals surface area contributed by atoms with E-state index in [1.807, 2.05) is 81.5 Å². The summed E-state index contributed by atoms with van der Waals surface area (Å²) < 4.78 is 94.7. The summed E-state index contributed by atoms with van der Waals surface area (Å²) >= 11 is 18.0. The van der Waals surface area contributed by atoms with Crippen molar-refractivity contribution in [1.29, 1.82) is 0 Å². The summed E-state index contributed by atoms with van der Waals surface area (Å²) in [5, 5.41) is 29.6. The lowest BCUT2D eigenvalue weighted by molar-refractivity contribution is -0.135. The van der Waals surface area contributed by atoms with Gasteiger partial charge in [0.05, 0.1) is 46.6 Å². The van der Waals surface area contributed by atoms with Crippen LogP contribution in [0.4, 0.5) is 26.3 Å². The first-order valence-electron chi connectivity index (χ1n) is 33.1. The molecule has 538 valence electrons. The Kier molecular flexibility index (Phi) is 26.2. The van der Waals surface area contributed by atoms with Crippen LogP contribution in [-0.2, 0) is 52.5 Å². The molecule has 0 saturated heterocycles. The highest BCUT2D eigenvalue weighted by molar-refractivity contribution is 7.86. The van der Waals surface area contributed by atoms with Gasteiger partial charge in [-0.3, -0.25) is 43.7 Å². The number of aromatic nitrogens is 6. The minimum absolute atomic E-state index is 0.0243. The maximum absolute atomic E-state index is 14.0. The Balaban J connectivity index is 0.000000157. The second-order valence-corrected chi connectivity index (χ2v) is 29.6. The van der Waals surface area contributed by atoms with Gasteiger partial charge in [-0.05, 0) is 200 Å². The van der Waals surface area contributed by atoms with E-state index in [2.05, 4.69) is 29.9 Å². The molecule has 2 aliphatic carbocycles. The molecule has 4 atom stereocenters. The number of Topliss-reactive ketones (excluding diaryl/α,β-unsaturated/α-hetero) is 1. The number of aromatic hydroxyl groups is 2. The minimum Gasteiger partial charge on any atom is -0.508 e. The minimum atomic E-state index is -1.20. The van der Waals surface area contributed by atoms with Crippen molar-refractivity contribution in [3.63, 3.8) is 0 Å². The number of allylic oxidation sites excluding steroid dienone is 3. The van der Waals surface area contributed by atoms with E-state index in [1.54, 1.807) is 97.8 Å². The fourth-order valence-electron chi connectivity index (χ4n) is 12.3. The molecule has 0 bridgehead atoms. The maximum atomic E-state index is 14.0. The molecular weight excluding hydrogens is 1430 g/mol. The lowest BCUT2D eigenvalue weighted by Gasteiger charge is -2.24. The molecule has 3 aromatic heterocycles. The molecule has 0 amide bonds. The Bertz CT molecular complexity index is 4970. The molecule has 13 rings (SSSR count). The molecule has 0 spiro atoms. The molecular formula is C82H70Cl3F6N7O6S. The van der Waals surface area contributed by atoms with Crippen molar-refractivity contribution in [2.75, 3.05) is 5.75 Å². The van der Waals surface area contributed by atoms with E-state index in [1.165, 1.54) is 36.4 Å². The number of phenols is 2. The highest BCUT2D eigenvalue weighted by atomic mass is 35.5. The number of halogens is 9. The van der Waals surface area contributed by atoms with Gasteiger partial charge in [0, 0.05) is 133 Å². The summed E-state index contributed by atoms with van der Waals surface area (Å²) in [5.74, 6) is -4.97. The Morgan fingerprint density at radius 1 is 0.467 bits per heavy atom. The first kappa shape index (κ1) is 77.4. The average Bonchev–Trinajstić information content (AvgIpc) is 1.51. The largest absolute Gasteiger partial charge is 0.508 e. The molecule has 2 aliphatic rings. The van der Waals surface area contributed by atoms with Crippen LogP contribution in [0.1, 0.15) is 114 Å². The fraction of sp³-hybridized carbons (Fsp3) is 0.195. The van der Waals surface area contributed by atoms with Crippen LogP contribution in [0, 0.1) is 34.9 Å². The third-order valence-electron chi connectivity index (χ3n) is 17.1. The SMILES string of the molecule is CC(C)(C)S(=O)CC(Cc1cc(F)cc(F)c1)c1nccnc1-c1ccc(Cl)cc1.NC(Cc1cc(F)cc(F)c1)c1nccnc1-c1ccc(Cl)cc1.O=C(CC1=CCc2ccc(O)cc21)CC(Cc1cc(F)cc(F)c1)c1nccnc1-c1ccc(Cl)cc1.O=C(O)CC1=CCc2ccc(O)cc21. The molecule has 0 radical (unpaired) electrons. The number of carbonyl (C=O) groups is 2. The summed E-state index contributed by atoms with van der Waals surface area (Å²) in [6.07, 6.45) is 15.8. The second-order valence-electron chi connectivity index (χ2n) is 26.0. The number of carbonyl (C=O) groups excluding carboxylic acids is 1. The zero-order valence-electron chi connectivity index (χ0n) is 56.9. The van der Waals surface area contributed by atoms with E-state index in [-0.39, 0.29) is 61.7 Å². The zero-order valence-corrected chi connectivity index (χ0v) is 60.0. The van der Waals surface area contributed by atoms with Crippen molar-refractivity contribution in [2.24, 2.45) is 5.73 Å². The van der Waals surface area contributed by atoms with E-state index in [4.69, 9.17) is 45.6 Å². The summed E-state index contributed by atoms with van der Waals surface area (Å²) in [4.78, 5) is 50.7. The fourth-order valence-corrected chi connectivity index (χ4v) is 13.8. The van der Waals surface area contributed by atoms with Crippen molar-refractivity contribution in [2.45, 2.75) is 94.8 Å². The molecule has 3 heterocycles. The number of benzene rings is 8.